The largest absolute Gasteiger partial charge is 0.439 e. The number of hydrogen-bond donors (Lipinski definition) is 1. The van der Waals surface area contributed by atoms with Gasteiger partial charge in [-0.1, -0.05) is 36.4 Å². The lowest BCUT2D eigenvalue weighted by atomic mass is 9.96. The minimum Gasteiger partial charge on any atom is -0.439 e. The minimum absolute atomic E-state index is 0.0336. The Kier molecular flexibility index (Phi) is 6.17. The number of carbonyl (C=O) groups excluding carboxylic acids is 1. The van der Waals surface area contributed by atoms with Crippen LogP contribution in [0.4, 0.5) is 10.2 Å². The molecule has 1 aliphatic heterocycles. The molecule has 0 saturated carbocycles. The maximum atomic E-state index is 13.7. The van der Waals surface area contributed by atoms with Crippen LogP contribution in [0.1, 0.15) is 18.4 Å². The molecule has 0 radical (unpaired) electrons. The van der Waals surface area contributed by atoms with Gasteiger partial charge < -0.3 is 15.0 Å². The molecule has 30 heavy (non-hydrogen) atoms. The van der Waals surface area contributed by atoms with Gasteiger partial charge in [-0.05, 0) is 31.0 Å². The lowest BCUT2D eigenvalue weighted by molar-refractivity contribution is -0.125. The molecule has 7 heteroatoms. The number of aromatic nitrogens is 2. The maximum Gasteiger partial charge on any atom is 0.224 e. The fraction of sp³-hybridized carbons (Fsp3) is 0.261. The molecule has 0 aliphatic carbocycles. The Morgan fingerprint density at radius 3 is 2.57 bits per heavy atom. The maximum absolute atomic E-state index is 13.7. The summed E-state index contributed by atoms with van der Waals surface area (Å²) < 4.78 is 19.5. The molecule has 0 bridgehead atoms. The lowest BCUT2D eigenvalue weighted by Gasteiger charge is -2.32. The third-order valence-corrected chi connectivity index (χ3v) is 5.19. The third-order valence-electron chi connectivity index (χ3n) is 5.19. The number of amides is 1. The molecule has 3 aromatic rings. The van der Waals surface area contributed by atoms with Crippen molar-refractivity contribution in [3.05, 3.63) is 78.4 Å². The normalized spacial score (nSPS) is 14.4. The molecule has 0 spiro atoms. The molecule has 0 atom stereocenters. The predicted octanol–water partition coefficient (Wildman–Crippen LogP) is 3.94. The number of rotatable bonds is 6. The van der Waals surface area contributed by atoms with Crippen molar-refractivity contribution in [1.29, 1.82) is 0 Å². The average Bonchev–Trinajstić information content (AvgIpc) is 2.79. The van der Waals surface area contributed by atoms with Crippen LogP contribution in [-0.4, -0.2) is 29.0 Å². The first-order valence-corrected chi connectivity index (χ1v) is 10.00. The van der Waals surface area contributed by atoms with Crippen LogP contribution in [0.5, 0.6) is 11.6 Å². The van der Waals surface area contributed by atoms with E-state index in [0.29, 0.717) is 43.1 Å². The Balaban J connectivity index is 1.30. The van der Waals surface area contributed by atoms with E-state index in [1.54, 1.807) is 18.2 Å². The first-order chi connectivity index (χ1) is 14.7. The lowest BCUT2D eigenvalue weighted by Crippen LogP contribution is -2.40. The fourth-order valence-electron chi connectivity index (χ4n) is 3.51. The highest BCUT2D eigenvalue weighted by atomic mass is 19.1. The van der Waals surface area contributed by atoms with Crippen molar-refractivity contribution in [2.75, 3.05) is 18.0 Å². The number of hydrogen-bond acceptors (Lipinski definition) is 5. The van der Waals surface area contributed by atoms with Gasteiger partial charge in [-0.15, -0.1) is 0 Å². The summed E-state index contributed by atoms with van der Waals surface area (Å²) in [5.41, 5.74) is 0.496. The second kappa shape index (κ2) is 9.35. The zero-order chi connectivity index (χ0) is 20.8. The van der Waals surface area contributed by atoms with Crippen molar-refractivity contribution < 1.29 is 13.9 Å². The number of piperidine rings is 1. The van der Waals surface area contributed by atoms with Crippen LogP contribution < -0.4 is 15.0 Å². The highest BCUT2D eigenvalue weighted by Gasteiger charge is 2.26. The van der Waals surface area contributed by atoms with Crippen LogP contribution in [-0.2, 0) is 11.3 Å². The van der Waals surface area contributed by atoms with Crippen molar-refractivity contribution in [3.63, 3.8) is 0 Å². The predicted molar refractivity (Wildman–Crippen MR) is 112 cm³/mol. The molecule has 1 N–H and O–H groups in total. The highest BCUT2D eigenvalue weighted by Crippen LogP contribution is 2.26. The van der Waals surface area contributed by atoms with Crippen molar-refractivity contribution >= 4 is 11.7 Å². The van der Waals surface area contributed by atoms with Gasteiger partial charge in [0.15, 0.2) is 0 Å². The molecule has 154 valence electrons. The minimum atomic E-state index is -0.301. The fourth-order valence-corrected chi connectivity index (χ4v) is 3.51. The molecule has 1 saturated heterocycles. The third kappa shape index (κ3) is 4.92. The number of anilines is 1. The zero-order valence-corrected chi connectivity index (χ0v) is 16.5. The van der Waals surface area contributed by atoms with Crippen molar-refractivity contribution in [2.24, 2.45) is 5.92 Å². The van der Waals surface area contributed by atoms with E-state index in [1.807, 2.05) is 36.4 Å². The molecular weight excluding hydrogens is 383 g/mol. The van der Waals surface area contributed by atoms with Crippen LogP contribution in [0, 0.1) is 11.7 Å². The SMILES string of the molecule is O=C(NCc1ccccc1F)C1CCN(c2cc(Oc3ccccc3)ncn2)CC1. The molecule has 4 rings (SSSR count). The number of benzene rings is 2. The summed E-state index contributed by atoms with van der Waals surface area (Å²) >= 11 is 0. The van der Waals surface area contributed by atoms with Crippen LogP contribution in [0.3, 0.4) is 0 Å². The summed E-state index contributed by atoms with van der Waals surface area (Å²) in [4.78, 5) is 23.1. The Morgan fingerprint density at radius 1 is 1.07 bits per heavy atom. The Labute approximate surface area is 174 Å². The van der Waals surface area contributed by atoms with Crippen LogP contribution >= 0.6 is 0 Å². The standard InChI is InChI=1S/C23H23FN4O2/c24-20-9-5-4-6-18(20)15-25-23(29)17-10-12-28(13-11-17)21-14-22(27-16-26-21)30-19-7-2-1-3-8-19/h1-9,14,16-17H,10-13,15H2,(H,25,29). The zero-order valence-electron chi connectivity index (χ0n) is 16.5. The van der Waals surface area contributed by atoms with E-state index >= 15 is 0 Å². The molecule has 1 amide bonds. The summed E-state index contributed by atoms with van der Waals surface area (Å²) in [5.74, 6) is 1.55. The van der Waals surface area contributed by atoms with E-state index in [1.165, 1.54) is 12.4 Å². The molecule has 6 nitrogen and oxygen atoms in total. The Bertz CT molecular complexity index is 991. The molecular formula is C23H23FN4O2. The summed E-state index contributed by atoms with van der Waals surface area (Å²) in [6.45, 7) is 1.62. The van der Waals surface area contributed by atoms with Gasteiger partial charge in [0.05, 0.1) is 0 Å². The quantitative estimate of drug-likeness (QED) is 0.672. The van der Waals surface area contributed by atoms with Crippen molar-refractivity contribution in [3.8, 4) is 11.6 Å². The van der Waals surface area contributed by atoms with Gasteiger partial charge in [0, 0.05) is 37.2 Å². The van der Waals surface area contributed by atoms with E-state index < -0.39 is 0 Å². The average molecular weight is 406 g/mol. The van der Waals surface area contributed by atoms with Gasteiger partial charge in [-0.3, -0.25) is 4.79 Å². The van der Waals surface area contributed by atoms with E-state index in [4.69, 9.17) is 4.74 Å². The molecule has 1 aromatic heterocycles. The van der Waals surface area contributed by atoms with E-state index in [9.17, 15) is 9.18 Å². The van der Waals surface area contributed by atoms with Gasteiger partial charge in [-0.25, -0.2) is 14.4 Å². The number of halogens is 1. The van der Waals surface area contributed by atoms with Gasteiger partial charge >= 0.3 is 0 Å². The van der Waals surface area contributed by atoms with E-state index in [2.05, 4.69) is 20.2 Å². The monoisotopic (exact) mass is 406 g/mol. The second-order valence-corrected chi connectivity index (χ2v) is 7.20. The van der Waals surface area contributed by atoms with Crippen LogP contribution in [0.15, 0.2) is 67.0 Å². The van der Waals surface area contributed by atoms with Crippen LogP contribution in [0.25, 0.3) is 0 Å². The second-order valence-electron chi connectivity index (χ2n) is 7.20. The molecule has 2 heterocycles. The molecule has 1 fully saturated rings. The topological polar surface area (TPSA) is 67.4 Å². The van der Waals surface area contributed by atoms with Gasteiger partial charge in [0.25, 0.3) is 0 Å². The summed E-state index contributed by atoms with van der Waals surface area (Å²) in [6.07, 6.45) is 2.91. The van der Waals surface area contributed by atoms with Crippen LogP contribution in [0.2, 0.25) is 0 Å². The van der Waals surface area contributed by atoms with Gasteiger partial charge in [0.2, 0.25) is 11.8 Å². The van der Waals surface area contributed by atoms with Gasteiger partial charge in [0.1, 0.15) is 23.7 Å². The molecule has 2 aromatic carbocycles. The number of nitrogens with zero attached hydrogens (tertiary/aromatic N) is 3. The number of nitrogens with one attached hydrogen (secondary N) is 1. The smallest absolute Gasteiger partial charge is 0.224 e. The molecule has 0 unspecified atom stereocenters. The summed E-state index contributed by atoms with van der Waals surface area (Å²) in [6, 6.07) is 17.8. The Morgan fingerprint density at radius 2 is 1.80 bits per heavy atom. The number of para-hydroxylation sites is 1. The van der Waals surface area contributed by atoms with E-state index in [-0.39, 0.29) is 24.2 Å². The first kappa shape index (κ1) is 19.8. The van der Waals surface area contributed by atoms with Crippen molar-refractivity contribution in [2.45, 2.75) is 19.4 Å². The first-order valence-electron chi connectivity index (χ1n) is 10.00. The number of carbonyl (C=O) groups is 1. The Hall–Kier alpha value is -3.48. The summed E-state index contributed by atoms with van der Waals surface area (Å²) in [5, 5.41) is 2.86. The molecule has 1 aliphatic rings. The van der Waals surface area contributed by atoms with Crippen molar-refractivity contribution in [1.82, 2.24) is 15.3 Å². The summed E-state index contributed by atoms with van der Waals surface area (Å²) in [7, 11) is 0. The van der Waals surface area contributed by atoms with E-state index in [0.717, 1.165) is 5.82 Å². The highest BCUT2D eigenvalue weighted by molar-refractivity contribution is 5.79. The van der Waals surface area contributed by atoms with Gasteiger partial charge in [-0.2, -0.15) is 0 Å². The number of ether oxygens (including phenoxy) is 1.